The lowest BCUT2D eigenvalue weighted by atomic mass is 9.82. The highest BCUT2D eigenvalue weighted by Crippen LogP contribution is 2.32. The minimum absolute atomic E-state index is 0.436. The Hall–Kier alpha value is -1.56. The Balaban J connectivity index is 2.18. The van der Waals surface area contributed by atoms with Gasteiger partial charge < -0.3 is 4.90 Å². The molecule has 1 aliphatic heterocycles. The molecule has 84 valence electrons. The van der Waals surface area contributed by atoms with Crippen molar-refractivity contribution in [2.75, 3.05) is 18.0 Å². The summed E-state index contributed by atoms with van der Waals surface area (Å²) >= 11 is 0. The number of nitrogens with zero attached hydrogens (tertiary/aromatic N) is 3. The van der Waals surface area contributed by atoms with Crippen molar-refractivity contribution in [2.24, 2.45) is 5.41 Å². The van der Waals surface area contributed by atoms with Gasteiger partial charge in [0.25, 0.3) is 0 Å². The predicted molar refractivity (Wildman–Crippen MR) is 64.2 cm³/mol. The van der Waals surface area contributed by atoms with E-state index in [-0.39, 0.29) is 0 Å². The van der Waals surface area contributed by atoms with Crippen LogP contribution in [0.4, 0.5) is 5.69 Å². The van der Waals surface area contributed by atoms with Crippen LogP contribution in [0, 0.1) is 16.7 Å². The molecule has 0 amide bonds. The molecule has 2 heterocycles. The largest absolute Gasteiger partial charge is 0.369 e. The topological polar surface area (TPSA) is 39.9 Å². The summed E-state index contributed by atoms with van der Waals surface area (Å²) in [5.41, 5.74) is 1.97. The summed E-state index contributed by atoms with van der Waals surface area (Å²) in [6.45, 7) is 6.65. The lowest BCUT2D eigenvalue weighted by Crippen LogP contribution is -2.37. The van der Waals surface area contributed by atoms with E-state index >= 15 is 0 Å². The SMILES string of the molecule is CC1(C)CCN(c2cccnc2C#N)CC1. The van der Waals surface area contributed by atoms with Gasteiger partial charge in [0.15, 0.2) is 5.69 Å². The van der Waals surface area contributed by atoms with E-state index in [1.165, 1.54) is 12.8 Å². The second-order valence-corrected chi connectivity index (χ2v) is 5.13. The number of piperidine rings is 1. The van der Waals surface area contributed by atoms with Gasteiger partial charge in [-0.05, 0) is 30.4 Å². The molecule has 1 fully saturated rings. The van der Waals surface area contributed by atoms with Gasteiger partial charge in [-0.15, -0.1) is 0 Å². The van der Waals surface area contributed by atoms with Crippen LogP contribution in [-0.2, 0) is 0 Å². The number of hydrogen-bond donors (Lipinski definition) is 0. The summed E-state index contributed by atoms with van der Waals surface area (Å²) in [6, 6.07) is 6.05. The quantitative estimate of drug-likeness (QED) is 0.723. The predicted octanol–water partition coefficient (Wildman–Crippen LogP) is 2.58. The summed E-state index contributed by atoms with van der Waals surface area (Å²) in [5, 5.41) is 9.01. The second kappa shape index (κ2) is 4.13. The molecule has 0 unspecified atom stereocenters. The van der Waals surface area contributed by atoms with Crippen molar-refractivity contribution in [1.82, 2.24) is 4.98 Å². The summed E-state index contributed by atoms with van der Waals surface area (Å²) in [5.74, 6) is 0. The van der Waals surface area contributed by atoms with Crippen LogP contribution >= 0.6 is 0 Å². The molecule has 1 saturated heterocycles. The zero-order valence-corrected chi connectivity index (χ0v) is 9.90. The van der Waals surface area contributed by atoms with Gasteiger partial charge >= 0.3 is 0 Å². The fourth-order valence-electron chi connectivity index (χ4n) is 2.09. The summed E-state index contributed by atoms with van der Waals surface area (Å²) in [7, 11) is 0. The average Bonchev–Trinajstić information content (AvgIpc) is 2.29. The molecule has 16 heavy (non-hydrogen) atoms. The van der Waals surface area contributed by atoms with Crippen molar-refractivity contribution in [2.45, 2.75) is 26.7 Å². The highest BCUT2D eigenvalue weighted by Gasteiger charge is 2.26. The van der Waals surface area contributed by atoms with Crippen molar-refractivity contribution in [3.05, 3.63) is 24.0 Å². The van der Waals surface area contributed by atoms with Crippen molar-refractivity contribution in [3.63, 3.8) is 0 Å². The first-order valence-corrected chi connectivity index (χ1v) is 5.72. The van der Waals surface area contributed by atoms with Crippen molar-refractivity contribution < 1.29 is 0 Å². The van der Waals surface area contributed by atoms with E-state index in [4.69, 9.17) is 5.26 Å². The molecule has 3 nitrogen and oxygen atoms in total. The minimum Gasteiger partial charge on any atom is -0.369 e. The molecule has 1 aliphatic rings. The Morgan fingerprint density at radius 1 is 1.38 bits per heavy atom. The Bertz CT molecular complexity index is 407. The first-order chi connectivity index (χ1) is 7.62. The smallest absolute Gasteiger partial charge is 0.163 e. The van der Waals surface area contributed by atoms with E-state index in [1.807, 2.05) is 12.1 Å². The number of pyridine rings is 1. The molecule has 0 aromatic carbocycles. The van der Waals surface area contributed by atoms with Crippen LogP contribution in [0.15, 0.2) is 18.3 Å². The van der Waals surface area contributed by atoms with Crippen LogP contribution in [0.1, 0.15) is 32.4 Å². The number of hydrogen-bond acceptors (Lipinski definition) is 3. The maximum Gasteiger partial charge on any atom is 0.163 e. The molecule has 0 radical (unpaired) electrons. The third-order valence-corrected chi connectivity index (χ3v) is 3.35. The summed E-state index contributed by atoms with van der Waals surface area (Å²) in [4.78, 5) is 6.38. The third kappa shape index (κ3) is 2.16. The van der Waals surface area contributed by atoms with Gasteiger partial charge in [0.05, 0.1) is 5.69 Å². The van der Waals surface area contributed by atoms with Gasteiger partial charge in [0.1, 0.15) is 6.07 Å². The highest BCUT2D eigenvalue weighted by molar-refractivity contribution is 5.55. The molecule has 3 heteroatoms. The van der Waals surface area contributed by atoms with Crippen molar-refractivity contribution in [3.8, 4) is 6.07 Å². The van der Waals surface area contributed by atoms with Gasteiger partial charge in [-0.2, -0.15) is 5.26 Å². The average molecular weight is 215 g/mol. The Labute approximate surface area is 96.7 Å². The fourth-order valence-corrected chi connectivity index (χ4v) is 2.09. The molecular formula is C13H17N3. The number of aromatic nitrogens is 1. The fraction of sp³-hybridized carbons (Fsp3) is 0.538. The monoisotopic (exact) mass is 215 g/mol. The normalized spacial score (nSPS) is 19.2. The molecule has 0 N–H and O–H groups in total. The zero-order valence-electron chi connectivity index (χ0n) is 9.90. The van der Waals surface area contributed by atoms with E-state index in [0.717, 1.165) is 18.8 Å². The standard InChI is InChI=1S/C13H17N3/c1-13(2)5-8-16(9-6-13)12-4-3-7-15-11(12)10-14/h3-4,7H,5-6,8-9H2,1-2H3. The molecule has 0 aliphatic carbocycles. The first-order valence-electron chi connectivity index (χ1n) is 5.72. The van der Waals surface area contributed by atoms with E-state index in [2.05, 4.69) is 29.8 Å². The summed E-state index contributed by atoms with van der Waals surface area (Å²) < 4.78 is 0. The number of rotatable bonds is 1. The van der Waals surface area contributed by atoms with Gasteiger partial charge in [-0.25, -0.2) is 4.98 Å². The van der Waals surface area contributed by atoms with Gasteiger partial charge in [0.2, 0.25) is 0 Å². The molecule has 1 aromatic rings. The maximum atomic E-state index is 9.01. The molecule has 2 rings (SSSR count). The van der Waals surface area contributed by atoms with Gasteiger partial charge in [0, 0.05) is 19.3 Å². The number of nitriles is 1. The van der Waals surface area contributed by atoms with E-state index in [0.29, 0.717) is 11.1 Å². The lowest BCUT2D eigenvalue weighted by Gasteiger charge is -2.38. The van der Waals surface area contributed by atoms with Crippen LogP contribution < -0.4 is 4.90 Å². The third-order valence-electron chi connectivity index (χ3n) is 3.35. The van der Waals surface area contributed by atoms with E-state index in [9.17, 15) is 0 Å². The first kappa shape index (κ1) is 10.9. The molecule has 0 spiro atoms. The number of anilines is 1. The van der Waals surface area contributed by atoms with Crippen molar-refractivity contribution in [1.29, 1.82) is 5.26 Å². The Morgan fingerprint density at radius 2 is 2.06 bits per heavy atom. The Morgan fingerprint density at radius 3 is 2.69 bits per heavy atom. The molecule has 1 aromatic heterocycles. The van der Waals surface area contributed by atoms with Crippen LogP contribution in [0.25, 0.3) is 0 Å². The molecular weight excluding hydrogens is 198 g/mol. The van der Waals surface area contributed by atoms with E-state index in [1.54, 1.807) is 6.20 Å². The van der Waals surface area contributed by atoms with Crippen LogP contribution in [-0.4, -0.2) is 18.1 Å². The molecule has 0 atom stereocenters. The zero-order chi connectivity index (χ0) is 11.6. The maximum absolute atomic E-state index is 9.01. The van der Waals surface area contributed by atoms with Gasteiger partial charge in [-0.3, -0.25) is 0 Å². The minimum atomic E-state index is 0.436. The second-order valence-electron chi connectivity index (χ2n) is 5.13. The lowest BCUT2D eigenvalue weighted by molar-refractivity contribution is 0.279. The Kier molecular flexibility index (Phi) is 2.82. The van der Waals surface area contributed by atoms with E-state index < -0.39 is 0 Å². The highest BCUT2D eigenvalue weighted by atomic mass is 15.1. The van der Waals surface area contributed by atoms with Crippen LogP contribution in [0.3, 0.4) is 0 Å². The van der Waals surface area contributed by atoms with Crippen LogP contribution in [0.5, 0.6) is 0 Å². The molecule has 0 bridgehead atoms. The molecule has 0 saturated carbocycles. The van der Waals surface area contributed by atoms with Gasteiger partial charge in [-0.1, -0.05) is 13.8 Å². The summed E-state index contributed by atoms with van der Waals surface area (Å²) in [6.07, 6.45) is 4.02. The van der Waals surface area contributed by atoms with Crippen molar-refractivity contribution >= 4 is 5.69 Å². The van der Waals surface area contributed by atoms with Crippen LogP contribution in [0.2, 0.25) is 0 Å².